The van der Waals surface area contributed by atoms with Crippen molar-refractivity contribution >= 4 is 11.9 Å². The van der Waals surface area contributed by atoms with Crippen LogP contribution in [0.1, 0.15) is 22.5 Å². The summed E-state index contributed by atoms with van der Waals surface area (Å²) in [4.78, 5) is 11.7. The van der Waals surface area contributed by atoms with Gasteiger partial charge in [-0.15, -0.1) is 0 Å². The van der Waals surface area contributed by atoms with E-state index in [9.17, 15) is 0 Å². The molecule has 2 aliphatic heterocycles. The Kier molecular flexibility index (Phi) is 4.88. The van der Waals surface area contributed by atoms with E-state index in [-0.39, 0.29) is 6.29 Å². The summed E-state index contributed by atoms with van der Waals surface area (Å²) in [6, 6.07) is 14.4. The molecular weight excluding hydrogens is 378 g/mol. The number of methoxy groups -OCH3 is 2. The lowest BCUT2D eigenvalue weighted by Gasteiger charge is -2.35. The second-order valence-corrected chi connectivity index (χ2v) is 7.56. The number of nitrogens with one attached hydrogen (secondary N) is 1. The number of rotatable bonds is 5. The van der Waals surface area contributed by atoms with E-state index in [1.165, 1.54) is 11.3 Å². The first-order chi connectivity index (χ1) is 14.7. The lowest BCUT2D eigenvalue weighted by molar-refractivity contribution is 0.197. The lowest BCUT2D eigenvalue weighted by Crippen LogP contribution is -2.44. The number of fused-ring (bicyclic) bond motifs is 2. The van der Waals surface area contributed by atoms with Crippen LogP contribution in [-0.4, -0.2) is 47.7 Å². The highest BCUT2D eigenvalue weighted by Crippen LogP contribution is 2.35. The van der Waals surface area contributed by atoms with Crippen molar-refractivity contribution in [3.63, 3.8) is 0 Å². The maximum atomic E-state index is 5.45. The summed E-state index contributed by atoms with van der Waals surface area (Å²) in [6.07, 6.45) is 4.70. The van der Waals surface area contributed by atoms with Gasteiger partial charge in [-0.05, 0) is 11.6 Å². The summed E-state index contributed by atoms with van der Waals surface area (Å²) in [6.45, 7) is 2.55. The van der Waals surface area contributed by atoms with Gasteiger partial charge in [-0.1, -0.05) is 30.3 Å². The highest BCUT2D eigenvalue weighted by atomic mass is 16.5. The Labute approximate surface area is 176 Å². The molecule has 5 rings (SSSR count). The SMILES string of the molecule is COc1cc2c(cc1OC)NC(N1CCc3c(ncn3Cc3ccccc3)C1)N=C2. The smallest absolute Gasteiger partial charge is 0.176 e. The van der Waals surface area contributed by atoms with E-state index >= 15 is 0 Å². The molecule has 1 N–H and O–H groups in total. The highest BCUT2D eigenvalue weighted by molar-refractivity contribution is 5.91. The fourth-order valence-corrected chi connectivity index (χ4v) is 4.15. The van der Waals surface area contributed by atoms with Crippen LogP contribution in [0.5, 0.6) is 11.5 Å². The van der Waals surface area contributed by atoms with Gasteiger partial charge in [-0.25, -0.2) is 4.98 Å². The number of aliphatic imine (C=N–C) groups is 1. The van der Waals surface area contributed by atoms with Crippen molar-refractivity contribution in [1.29, 1.82) is 0 Å². The molecule has 30 heavy (non-hydrogen) atoms. The first-order valence-electron chi connectivity index (χ1n) is 10.1. The molecule has 1 aromatic heterocycles. The van der Waals surface area contributed by atoms with Crippen LogP contribution < -0.4 is 14.8 Å². The molecule has 7 nitrogen and oxygen atoms in total. The summed E-state index contributed by atoms with van der Waals surface area (Å²) >= 11 is 0. The average Bonchev–Trinajstić information content (AvgIpc) is 3.20. The Morgan fingerprint density at radius 2 is 1.90 bits per heavy atom. The summed E-state index contributed by atoms with van der Waals surface area (Å²) in [5.41, 5.74) is 5.73. The molecule has 3 aromatic rings. The molecular formula is C23H25N5O2. The van der Waals surface area contributed by atoms with Crippen LogP contribution in [0.4, 0.5) is 5.69 Å². The summed E-state index contributed by atoms with van der Waals surface area (Å²) in [7, 11) is 3.29. The predicted octanol–water partition coefficient (Wildman–Crippen LogP) is 3.13. The van der Waals surface area contributed by atoms with Gasteiger partial charge >= 0.3 is 0 Å². The van der Waals surface area contributed by atoms with Crippen molar-refractivity contribution in [3.05, 3.63) is 71.3 Å². The molecule has 0 amide bonds. The third kappa shape index (κ3) is 3.41. The third-order valence-electron chi connectivity index (χ3n) is 5.76. The van der Waals surface area contributed by atoms with Crippen molar-refractivity contribution < 1.29 is 9.47 Å². The molecule has 0 saturated heterocycles. The van der Waals surface area contributed by atoms with E-state index in [1.807, 2.05) is 30.7 Å². The molecule has 2 aliphatic rings. The van der Waals surface area contributed by atoms with Crippen molar-refractivity contribution in [1.82, 2.24) is 14.5 Å². The topological polar surface area (TPSA) is 63.9 Å². The predicted molar refractivity (Wildman–Crippen MR) is 116 cm³/mol. The zero-order valence-electron chi connectivity index (χ0n) is 17.2. The molecule has 0 aliphatic carbocycles. The maximum Gasteiger partial charge on any atom is 0.176 e. The quantitative estimate of drug-likeness (QED) is 0.709. The number of benzene rings is 2. The van der Waals surface area contributed by atoms with Gasteiger partial charge in [0.2, 0.25) is 0 Å². The largest absolute Gasteiger partial charge is 0.493 e. The maximum absolute atomic E-state index is 5.45. The molecule has 154 valence electrons. The van der Waals surface area contributed by atoms with Gasteiger partial charge in [-0.3, -0.25) is 9.89 Å². The minimum atomic E-state index is -0.122. The zero-order valence-corrected chi connectivity index (χ0v) is 17.2. The number of anilines is 1. The minimum Gasteiger partial charge on any atom is -0.493 e. The fraction of sp³-hybridized carbons (Fsp3) is 0.304. The van der Waals surface area contributed by atoms with Crippen LogP contribution in [0.15, 0.2) is 53.8 Å². The second kappa shape index (κ2) is 7.84. The van der Waals surface area contributed by atoms with Crippen LogP contribution in [-0.2, 0) is 19.5 Å². The van der Waals surface area contributed by atoms with Gasteiger partial charge in [0.15, 0.2) is 17.8 Å². The summed E-state index contributed by atoms with van der Waals surface area (Å²) in [5, 5.41) is 3.53. The van der Waals surface area contributed by atoms with Crippen molar-refractivity contribution in [2.24, 2.45) is 4.99 Å². The molecule has 7 heteroatoms. The van der Waals surface area contributed by atoms with Gasteiger partial charge in [0.05, 0.1) is 26.2 Å². The Balaban J connectivity index is 1.32. The molecule has 1 atom stereocenters. The first-order valence-corrected chi connectivity index (χ1v) is 10.1. The summed E-state index contributed by atoms with van der Waals surface area (Å²) in [5.74, 6) is 1.41. The highest BCUT2D eigenvalue weighted by Gasteiger charge is 2.28. The fourth-order valence-electron chi connectivity index (χ4n) is 4.15. The summed E-state index contributed by atoms with van der Waals surface area (Å²) < 4.78 is 13.1. The Morgan fingerprint density at radius 1 is 1.10 bits per heavy atom. The normalized spacial score (nSPS) is 17.7. The molecule has 0 saturated carbocycles. The molecule has 0 bridgehead atoms. The van der Waals surface area contributed by atoms with E-state index < -0.39 is 0 Å². The van der Waals surface area contributed by atoms with Gasteiger partial charge in [-0.2, -0.15) is 0 Å². The zero-order chi connectivity index (χ0) is 20.5. The number of aromatic nitrogens is 2. The van der Waals surface area contributed by atoms with Crippen molar-refractivity contribution in [2.75, 3.05) is 26.1 Å². The number of ether oxygens (including phenoxy) is 2. The van der Waals surface area contributed by atoms with Crippen LogP contribution >= 0.6 is 0 Å². The van der Waals surface area contributed by atoms with Gasteiger partial charge < -0.3 is 19.4 Å². The molecule has 3 heterocycles. The Bertz CT molecular complexity index is 1080. The second-order valence-electron chi connectivity index (χ2n) is 7.56. The first kappa shape index (κ1) is 18.7. The number of hydrogen-bond acceptors (Lipinski definition) is 6. The Morgan fingerprint density at radius 3 is 2.70 bits per heavy atom. The standard InChI is InChI=1S/C23H25N5O2/c1-29-21-10-17-12-24-23(26-18(17)11-22(21)30-2)27-9-8-20-19(14-27)25-15-28(20)13-16-6-4-3-5-7-16/h3-7,10-12,15,23,26H,8-9,13-14H2,1-2H3. The van der Waals surface area contributed by atoms with Gasteiger partial charge in [0.25, 0.3) is 0 Å². The van der Waals surface area contributed by atoms with E-state index in [1.54, 1.807) is 14.2 Å². The van der Waals surface area contributed by atoms with Crippen molar-refractivity contribution in [3.8, 4) is 11.5 Å². The molecule has 0 radical (unpaired) electrons. The molecule has 2 aromatic carbocycles. The van der Waals surface area contributed by atoms with E-state index in [4.69, 9.17) is 19.5 Å². The van der Waals surface area contributed by atoms with Crippen LogP contribution in [0.2, 0.25) is 0 Å². The van der Waals surface area contributed by atoms with Crippen LogP contribution in [0, 0.1) is 0 Å². The van der Waals surface area contributed by atoms with Gasteiger partial charge in [0, 0.05) is 55.3 Å². The monoisotopic (exact) mass is 403 g/mol. The minimum absolute atomic E-state index is 0.122. The van der Waals surface area contributed by atoms with E-state index in [0.29, 0.717) is 11.5 Å². The van der Waals surface area contributed by atoms with E-state index in [0.717, 1.165) is 43.0 Å². The lowest BCUT2D eigenvalue weighted by atomic mass is 10.1. The molecule has 0 fully saturated rings. The molecule has 1 unspecified atom stereocenters. The third-order valence-corrected chi connectivity index (χ3v) is 5.76. The number of hydrogen-bond donors (Lipinski definition) is 1. The van der Waals surface area contributed by atoms with Crippen LogP contribution in [0.3, 0.4) is 0 Å². The van der Waals surface area contributed by atoms with Crippen molar-refractivity contribution in [2.45, 2.75) is 25.8 Å². The average molecular weight is 403 g/mol. The Hall–Kier alpha value is -3.32. The number of imidazole rings is 1. The van der Waals surface area contributed by atoms with E-state index in [2.05, 4.69) is 39.0 Å². The van der Waals surface area contributed by atoms with Crippen LogP contribution in [0.25, 0.3) is 0 Å². The molecule has 0 spiro atoms. The van der Waals surface area contributed by atoms with Gasteiger partial charge in [0.1, 0.15) is 0 Å². The number of nitrogens with zero attached hydrogens (tertiary/aromatic N) is 4.